The number of carbonyl (C=O) groups excluding carboxylic acids is 1. The third-order valence-electron chi connectivity index (χ3n) is 3.91. The van der Waals surface area contributed by atoms with Crippen LogP contribution in [0, 0.1) is 0 Å². The number of nitrogens with one attached hydrogen (secondary N) is 2. The first-order valence-electron chi connectivity index (χ1n) is 7.87. The van der Waals surface area contributed by atoms with E-state index < -0.39 is 6.10 Å². The van der Waals surface area contributed by atoms with Gasteiger partial charge in [-0.25, -0.2) is 0 Å². The van der Waals surface area contributed by atoms with Crippen LogP contribution in [0.2, 0.25) is 0 Å². The fourth-order valence-corrected chi connectivity index (χ4v) is 2.55. The summed E-state index contributed by atoms with van der Waals surface area (Å²) in [5, 5.41) is 19.6. The van der Waals surface area contributed by atoms with E-state index in [0.717, 1.165) is 16.7 Å². The number of benzene rings is 2. The molecule has 128 valence electrons. The van der Waals surface area contributed by atoms with Crippen LogP contribution in [0.4, 0.5) is 0 Å². The van der Waals surface area contributed by atoms with E-state index in [0.29, 0.717) is 11.3 Å². The Hall–Kier alpha value is -3.12. The van der Waals surface area contributed by atoms with Crippen molar-refractivity contribution < 1.29 is 14.6 Å². The molecule has 6 nitrogen and oxygen atoms in total. The van der Waals surface area contributed by atoms with E-state index in [9.17, 15) is 9.90 Å². The molecule has 3 aromatic rings. The molecular formula is C19H19N3O3. The number of amides is 1. The Morgan fingerprint density at radius 3 is 2.76 bits per heavy atom. The molecule has 0 bridgehead atoms. The van der Waals surface area contributed by atoms with Crippen LogP contribution in [-0.4, -0.2) is 34.9 Å². The standard InChI is InChI=1S/C19H19N3O3/c1-25-18-9-14(7-8-16(18)15-10-21-22-11-15)19(24)20-12-17(23)13-5-3-2-4-6-13/h2-11,17,23H,12H2,1H3,(H,20,24)(H,21,22)/t17-/m0/s1. The molecule has 3 N–H and O–H groups in total. The van der Waals surface area contributed by atoms with Crippen LogP contribution in [0.15, 0.2) is 60.9 Å². The maximum atomic E-state index is 12.4. The number of H-pyrrole nitrogens is 1. The van der Waals surface area contributed by atoms with Gasteiger partial charge in [-0.1, -0.05) is 30.3 Å². The number of hydrogen-bond acceptors (Lipinski definition) is 4. The van der Waals surface area contributed by atoms with Gasteiger partial charge in [0.15, 0.2) is 0 Å². The fraction of sp³-hybridized carbons (Fsp3) is 0.158. The van der Waals surface area contributed by atoms with Gasteiger partial charge in [0.1, 0.15) is 5.75 Å². The van der Waals surface area contributed by atoms with Gasteiger partial charge in [-0.2, -0.15) is 5.10 Å². The molecule has 25 heavy (non-hydrogen) atoms. The lowest BCUT2D eigenvalue weighted by atomic mass is 10.0. The van der Waals surface area contributed by atoms with Gasteiger partial charge in [0, 0.05) is 29.4 Å². The number of carbonyl (C=O) groups is 1. The molecular weight excluding hydrogens is 318 g/mol. The largest absolute Gasteiger partial charge is 0.496 e. The molecule has 6 heteroatoms. The van der Waals surface area contributed by atoms with Crippen LogP contribution in [-0.2, 0) is 0 Å². The molecule has 0 aliphatic carbocycles. The van der Waals surface area contributed by atoms with Crippen LogP contribution >= 0.6 is 0 Å². The predicted molar refractivity (Wildman–Crippen MR) is 94.3 cm³/mol. The minimum Gasteiger partial charge on any atom is -0.496 e. The highest BCUT2D eigenvalue weighted by Crippen LogP contribution is 2.30. The van der Waals surface area contributed by atoms with Crippen LogP contribution in [0.3, 0.4) is 0 Å². The zero-order valence-electron chi connectivity index (χ0n) is 13.8. The Morgan fingerprint density at radius 1 is 1.28 bits per heavy atom. The Morgan fingerprint density at radius 2 is 2.08 bits per heavy atom. The van der Waals surface area contributed by atoms with E-state index in [1.165, 1.54) is 0 Å². The first-order valence-corrected chi connectivity index (χ1v) is 7.87. The number of ether oxygens (including phenoxy) is 1. The lowest BCUT2D eigenvalue weighted by Gasteiger charge is -2.13. The average molecular weight is 337 g/mol. The fourth-order valence-electron chi connectivity index (χ4n) is 2.55. The second kappa shape index (κ2) is 7.63. The topological polar surface area (TPSA) is 87.2 Å². The van der Waals surface area contributed by atoms with Crippen LogP contribution in [0.5, 0.6) is 5.75 Å². The zero-order chi connectivity index (χ0) is 17.6. The first kappa shape index (κ1) is 16.7. The highest BCUT2D eigenvalue weighted by molar-refractivity contribution is 5.95. The van der Waals surface area contributed by atoms with E-state index in [1.54, 1.807) is 31.6 Å². The molecule has 1 aromatic heterocycles. The summed E-state index contributed by atoms with van der Waals surface area (Å²) in [6, 6.07) is 14.4. The summed E-state index contributed by atoms with van der Waals surface area (Å²) in [6.07, 6.45) is 2.69. The zero-order valence-corrected chi connectivity index (χ0v) is 13.8. The highest BCUT2D eigenvalue weighted by atomic mass is 16.5. The summed E-state index contributed by atoms with van der Waals surface area (Å²) >= 11 is 0. The number of methoxy groups -OCH3 is 1. The average Bonchev–Trinajstić information content (AvgIpc) is 3.20. The van der Waals surface area contributed by atoms with Gasteiger partial charge in [-0.3, -0.25) is 9.89 Å². The molecule has 1 amide bonds. The third-order valence-corrected chi connectivity index (χ3v) is 3.91. The predicted octanol–water partition coefficient (Wildman–Crippen LogP) is 2.55. The number of aromatic amines is 1. The Bertz CT molecular complexity index is 832. The van der Waals surface area contributed by atoms with Crippen molar-refractivity contribution in [3.63, 3.8) is 0 Å². The highest BCUT2D eigenvalue weighted by Gasteiger charge is 2.14. The van der Waals surface area contributed by atoms with Crippen molar-refractivity contribution in [3.8, 4) is 16.9 Å². The minimum atomic E-state index is -0.753. The van der Waals surface area contributed by atoms with E-state index in [-0.39, 0.29) is 12.5 Å². The number of nitrogens with zero attached hydrogens (tertiary/aromatic N) is 1. The summed E-state index contributed by atoms with van der Waals surface area (Å²) in [7, 11) is 1.56. The molecule has 2 aromatic carbocycles. The molecule has 0 saturated heterocycles. The molecule has 0 unspecified atom stereocenters. The smallest absolute Gasteiger partial charge is 0.251 e. The van der Waals surface area contributed by atoms with Gasteiger partial charge in [0.05, 0.1) is 19.4 Å². The molecule has 0 radical (unpaired) electrons. The third kappa shape index (κ3) is 3.87. The number of aliphatic hydroxyl groups excluding tert-OH is 1. The van der Waals surface area contributed by atoms with Gasteiger partial charge in [0.25, 0.3) is 5.91 Å². The quantitative estimate of drug-likeness (QED) is 0.645. The number of rotatable bonds is 6. The minimum absolute atomic E-state index is 0.134. The van der Waals surface area contributed by atoms with Crippen LogP contribution in [0.25, 0.3) is 11.1 Å². The number of aromatic nitrogens is 2. The second-order valence-electron chi connectivity index (χ2n) is 5.54. The molecule has 0 aliphatic heterocycles. The Kier molecular flexibility index (Phi) is 5.11. The van der Waals surface area contributed by atoms with Gasteiger partial charge in [-0.15, -0.1) is 0 Å². The summed E-state index contributed by atoms with van der Waals surface area (Å²) in [5.41, 5.74) is 2.94. The van der Waals surface area contributed by atoms with Crippen molar-refractivity contribution in [2.45, 2.75) is 6.10 Å². The lowest BCUT2D eigenvalue weighted by molar-refractivity contribution is 0.0916. The van der Waals surface area contributed by atoms with Crippen molar-refractivity contribution in [2.75, 3.05) is 13.7 Å². The van der Waals surface area contributed by atoms with Crippen molar-refractivity contribution in [1.82, 2.24) is 15.5 Å². The monoisotopic (exact) mass is 337 g/mol. The van der Waals surface area contributed by atoms with Gasteiger partial charge < -0.3 is 15.2 Å². The van der Waals surface area contributed by atoms with E-state index in [2.05, 4.69) is 15.5 Å². The molecule has 3 rings (SSSR count). The maximum absolute atomic E-state index is 12.4. The summed E-state index contributed by atoms with van der Waals surface area (Å²) in [5.74, 6) is 0.310. The molecule has 0 aliphatic rings. The first-order chi connectivity index (χ1) is 12.2. The number of hydrogen-bond donors (Lipinski definition) is 3. The van der Waals surface area contributed by atoms with E-state index in [4.69, 9.17) is 4.74 Å². The van der Waals surface area contributed by atoms with Gasteiger partial charge in [0.2, 0.25) is 0 Å². The Labute approximate surface area is 145 Å². The summed E-state index contributed by atoms with van der Waals surface area (Å²) < 4.78 is 5.38. The van der Waals surface area contributed by atoms with Gasteiger partial charge in [-0.05, 0) is 23.8 Å². The lowest BCUT2D eigenvalue weighted by Crippen LogP contribution is -2.28. The Balaban J connectivity index is 1.70. The molecule has 0 saturated carbocycles. The maximum Gasteiger partial charge on any atom is 0.251 e. The van der Waals surface area contributed by atoms with E-state index in [1.807, 2.05) is 36.4 Å². The van der Waals surface area contributed by atoms with Crippen LogP contribution in [0.1, 0.15) is 22.0 Å². The molecule has 0 spiro atoms. The molecule has 0 fully saturated rings. The van der Waals surface area contributed by atoms with Crippen molar-refractivity contribution >= 4 is 5.91 Å². The van der Waals surface area contributed by atoms with Gasteiger partial charge >= 0.3 is 0 Å². The second-order valence-corrected chi connectivity index (χ2v) is 5.54. The summed E-state index contributed by atoms with van der Waals surface area (Å²) in [6.45, 7) is 0.134. The van der Waals surface area contributed by atoms with Crippen molar-refractivity contribution in [2.24, 2.45) is 0 Å². The van der Waals surface area contributed by atoms with Crippen molar-refractivity contribution in [3.05, 3.63) is 72.1 Å². The SMILES string of the molecule is COc1cc(C(=O)NC[C@H](O)c2ccccc2)ccc1-c1cn[nH]c1. The van der Waals surface area contributed by atoms with Crippen LogP contribution < -0.4 is 10.1 Å². The molecule has 1 atom stereocenters. The van der Waals surface area contributed by atoms with E-state index >= 15 is 0 Å². The number of aliphatic hydroxyl groups is 1. The molecule has 1 heterocycles. The summed E-state index contributed by atoms with van der Waals surface area (Å²) in [4.78, 5) is 12.4. The van der Waals surface area contributed by atoms with Crippen molar-refractivity contribution in [1.29, 1.82) is 0 Å². The normalized spacial score (nSPS) is 11.8.